The third-order valence-corrected chi connectivity index (χ3v) is 5.82. The number of thiophene rings is 1. The molecule has 0 fully saturated rings. The van der Waals surface area contributed by atoms with Gasteiger partial charge in [0.25, 0.3) is 0 Å². The molecule has 1 aromatic carbocycles. The van der Waals surface area contributed by atoms with Crippen LogP contribution in [0.5, 0.6) is 5.75 Å². The molecule has 0 bridgehead atoms. The molecule has 0 amide bonds. The molecule has 4 nitrogen and oxygen atoms in total. The van der Waals surface area contributed by atoms with Crippen LogP contribution >= 0.6 is 22.9 Å². The maximum Gasteiger partial charge on any atom is 0.402 e. The second kappa shape index (κ2) is 7.30. The van der Waals surface area contributed by atoms with E-state index in [9.17, 15) is 21.6 Å². The molecule has 1 aromatic heterocycles. The van der Waals surface area contributed by atoms with Crippen LogP contribution in [0.3, 0.4) is 0 Å². The van der Waals surface area contributed by atoms with Gasteiger partial charge < -0.3 is 4.74 Å². The van der Waals surface area contributed by atoms with Gasteiger partial charge in [-0.3, -0.25) is 0 Å². The zero-order valence-corrected chi connectivity index (χ0v) is 14.8. The number of hydrogen-bond acceptors (Lipinski definition) is 4. The zero-order valence-electron chi connectivity index (χ0n) is 12.4. The lowest BCUT2D eigenvalue weighted by atomic mass is 10.3. The Kier molecular flexibility index (Phi) is 5.79. The predicted molar refractivity (Wildman–Crippen MR) is 86.0 cm³/mol. The van der Waals surface area contributed by atoms with E-state index in [4.69, 9.17) is 16.3 Å². The molecule has 132 valence electrons. The summed E-state index contributed by atoms with van der Waals surface area (Å²) in [5.74, 6) is -0.0723. The molecular weight excluding hydrogens is 387 g/mol. The van der Waals surface area contributed by atoms with Gasteiger partial charge in [-0.2, -0.15) is 28.8 Å². The van der Waals surface area contributed by atoms with Crippen molar-refractivity contribution in [3.05, 3.63) is 45.6 Å². The van der Waals surface area contributed by atoms with E-state index in [1.54, 1.807) is 16.8 Å². The molecule has 2 aromatic rings. The van der Waals surface area contributed by atoms with E-state index >= 15 is 0 Å². The molecule has 2 rings (SSSR count). The van der Waals surface area contributed by atoms with Crippen molar-refractivity contribution < 1.29 is 26.3 Å². The Labute approximate surface area is 146 Å². The number of sulfonamides is 1. The number of ether oxygens (including phenoxy) is 1. The average molecular weight is 400 g/mol. The van der Waals surface area contributed by atoms with Crippen molar-refractivity contribution in [1.29, 1.82) is 0 Å². The standard InChI is InChI=1S/C14H13ClF3NO3S2/c1-22-12-3-2-11(15)6-13(12)24(20,21)19(9-14(16,17)18)7-10-4-5-23-8-10/h2-6,8H,7,9H2,1H3. The number of hydrogen-bond donors (Lipinski definition) is 0. The first-order chi connectivity index (χ1) is 11.1. The maximum absolute atomic E-state index is 12.9. The van der Waals surface area contributed by atoms with E-state index < -0.39 is 34.2 Å². The Hall–Kier alpha value is -1.29. The molecule has 0 N–H and O–H groups in total. The lowest BCUT2D eigenvalue weighted by Gasteiger charge is -2.24. The number of rotatable bonds is 6. The van der Waals surface area contributed by atoms with Crippen molar-refractivity contribution in [3.63, 3.8) is 0 Å². The molecule has 0 unspecified atom stereocenters. The molecule has 24 heavy (non-hydrogen) atoms. The van der Waals surface area contributed by atoms with Crippen molar-refractivity contribution in [2.24, 2.45) is 0 Å². The molecule has 0 saturated heterocycles. The van der Waals surface area contributed by atoms with Gasteiger partial charge >= 0.3 is 6.18 Å². The van der Waals surface area contributed by atoms with Gasteiger partial charge in [0, 0.05) is 11.6 Å². The average Bonchev–Trinajstić information content (AvgIpc) is 2.98. The number of nitrogens with zero attached hydrogens (tertiary/aromatic N) is 1. The summed E-state index contributed by atoms with van der Waals surface area (Å²) >= 11 is 7.07. The molecule has 10 heteroatoms. The topological polar surface area (TPSA) is 46.6 Å². The fraction of sp³-hybridized carbons (Fsp3) is 0.286. The van der Waals surface area contributed by atoms with Gasteiger partial charge in [0.1, 0.15) is 17.2 Å². The van der Waals surface area contributed by atoms with Crippen LogP contribution in [0.15, 0.2) is 39.9 Å². The quantitative estimate of drug-likeness (QED) is 0.732. The summed E-state index contributed by atoms with van der Waals surface area (Å²) in [5.41, 5.74) is 0.466. The van der Waals surface area contributed by atoms with Crippen LogP contribution in [-0.4, -0.2) is 32.6 Å². The second-order valence-electron chi connectivity index (χ2n) is 4.82. The number of methoxy groups -OCH3 is 1. The summed E-state index contributed by atoms with van der Waals surface area (Å²) in [6.45, 7) is -2.01. The number of benzene rings is 1. The highest BCUT2D eigenvalue weighted by Gasteiger charge is 2.38. The van der Waals surface area contributed by atoms with E-state index in [2.05, 4.69) is 0 Å². The lowest BCUT2D eigenvalue weighted by molar-refractivity contribution is -0.136. The van der Waals surface area contributed by atoms with Crippen LogP contribution in [0.4, 0.5) is 13.2 Å². The number of alkyl halides is 3. The Morgan fingerprint density at radius 2 is 2.00 bits per heavy atom. The Morgan fingerprint density at radius 3 is 2.54 bits per heavy atom. The number of halogens is 4. The molecule has 0 atom stereocenters. The van der Waals surface area contributed by atoms with Crippen molar-refractivity contribution in [2.75, 3.05) is 13.7 Å². The Bertz CT molecular complexity index is 792. The van der Waals surface area contributed by atoms with Crippen LogP contribution < -0.4 is 4.74 Å². The van der Waals surface area contributed by atoms with Gasteiger partial charge in [-0.25, -0.2) is 8.42 Å². The summed E-state index contributed by atoms with van der Waals surface area (Å²) in [5, 5.41) is 3.33. The van der Waals surface area contributed by atoms with Crippen LogP contribution in [0, 0.1) is 0 Å². The highest BCUT2D eigenvalue weighted by atomic mass is 35.5. The molecule has 0 aliphatic heterocycles. The Balaban J connectivity index is 2.48. The third-order valence-electron chi connectivity index (χ3n) is 3.04. The van der Waals surface area contributed by atoms with Crippen LogP contribution in [-0.2, 0) is 16.6 Å². The smallest absolute Gasteiger partial charge is 0.402 e. The van der Waals surface area contributed by atoms with Crippen molar-refractivity contribution in [3.8, 4) is 5.75 Å². The van der Waals surface area contributed by atoms with Gasteiger partial charge in [0.05, 0.1) is 7.11 Å². The summed E-state index contributed by atoms with van der Waals surface area (Å²) in [4.78, 5) is -0.406. The molecule has 0 saturated carbocycles. The molecule has 0 radical (unpaired) electrons. The van der Waals surface area contributed by atoms with E-state index in [1.807, 2.05) is 0 Å². The van der Waals surface area contributed by atoms with E-state index in [1.165, 1.54) is 30.6 Å². The molecule has 0 spiro atoms. The molecule has 1 heterocycles. The fourth-order valence-corrected chi connectivity index (χ4v) is 4.49. The molecule has 0 aliphatic rings. The summed E-state index contributed by atoms with van der Waals surface area (Å²) in [6.07, 6.45) is -4.69. The van der Waals surface area contributed by atoms with E-state index in [-0.39, 0.29) is 10.8 Å². The minimum atomic E-state index is -4.69. The Morgan fingerprint density at radius 1 is 1.29 bits per heavy atom. The largest absolute Gasteiger partial charge is 0.495 e. The minimum absolute atomic E-state index is 0.0723. The van der Waals surface area contributed by atoms with E-state index in [0.29, 0.717) is 9.87 Å². The van der Waals surface area contributed by atoms with Crippen LogP contribution in [0.1, 0.15) is 5.56 Å². The highest BCUT2D eigenvalue weighted by molar-refractivity contribution is 7.89. The highest BCUT2D eigenvalue weighted by Crippen LogP contribution is 2.32. The van der Waals surface area contributed by atoms with Gasteiger partial charge in [-0.05, 0) is 40.6 Å². The lowest BCUT2D eigenvalue weighted by Crippen LogP contribution is -2.38. The fourth-order valence-electron chi connectivity index (χ4n) is 2.00. The van der Waals surface area contributed by atoms with Gasteiger partial charge in [-0.15, -0.1) is 0 Å². The van der Waals surface area contributed by atoms with Crippen LogP contribution in [0.2, 0.25) is 5.02 Å². The second-order valence-corrected chi connectivity index (χ2v) is 7.94. The SMILES string of the molecule is COc1ccc(Cl)cc1S(=O)(=O)N(Cc1ccsc1)CC(F)(F)F. The van der Waals surface area contributed by atoms with Crippen LogP contribution in [0.25, 0.3) is 0 Å². The van der Waals surface area contributed by atoms with Crippen molar-refractivity contribution in [2.45, 2.75) is 17.6 Å². The minimum Gasteiger partial charge on any atom is -0.495 e. The first kappa shape index (κ1) is 19.0. The van der Waals surface area contributed by atoms with Gasteiger partial charge in [0.2, 0.25) is 10.0 Å². The first-order valence-corrected chi connectivity index (χ1v) is 9.31. The van der Waals surface area contributed by atoms with E-state index in [0.717, 1.165) is 6.07 Å². The van der Waals surface area contributed by atoms with Gasteiger partial charge in [-0.1, -0.05) is 11.6 Å². The normalized spacial score (nSPS) is 12.6. The zero-order chi connectivity index (χ0) is 18.0. The molecular formula is C14H13ClF3NO3S2. The van der Waals surface area contributed by atoms with Crippen molar-refractivity contribution >= 4 is 33.0 Å². The first-order valence-electron chi connectivity index (χ1n) is 6.55. The van der Waals surface area contributed by atoms with Gasteiger partial charge in [0.15, 0.2) is 0 Å². The monoisotopic (exact) mass is 399 g/mol. The summed E-state index contributed by atoms with van der Waals surface area (Å²) < 4.78 is 69.5. The summed E-state index contributed by atoms with van der Waals surface area (Å²) in [7, 11) is -3.24. The maximum atomic E-state index is 12.9. The molecule has 0 aliphatic carbocycles. The third kappa shape index (κ3) is 4.62. The summed E-state index contributed by atoms with van der Waals surface area (Å²) in [6, 6.07) is 5.34. The van der Waals surface area contributed by atoms with Crippen molar-refractivity contribution in [1.82, 2.24) is 4.31 Å². The predicted octanol–water partition coefficient (Wildman–Crippen LogP) is 4.16.